The summed E-state index contributed by atoms with van der Waals surface area (Å²) in [5.41, 5.74) is 0.233. The largest absolute Gasteiger partial charge is 0.396 e. The van der Waals surface area contributed by atoms with Crippen molar-refractivity contribution in [1.29, 1.82) is 0 Å². The molecule has 0 spiro atoms. The fourth-order valence-electron chi connectivity index (χ4n) is 3.38. The summed E-state index contributed by atoms with van der Waals surface area (Å²) in [6.45, 7) is 8.72. The van der Waals surface area contributed by atoms with E-state index in [0.29, 0.717) is 6.61 Å². The third kappa shape index (κ3) is 2.78. The van der Waals surface area contributed by atoms with Crippen LogP contribution in [0.3, 0.4) is 0 Å². The first-order valence-corrected chi connectivity index (χ1v) is 6.97. The molecular weight excluding hydrogens is 198 g/mol. The molecule has 0 bridgehead atoms. The Morgan fingerprint density at radius 2 is 1.81 bits per heavy atom. The fraction of sp³-hybridized carbons (Fsp3) is 1.00. The fourth-order valence-corrected chi connectivity index (χ4v) is 3.38. The number of hydrogen-bond acceptors (Lipinski definition) is 2. The summed E-state index contributed by atoms with van der Waals surface area (Å²) in [5, 5.41) is 9.73. The van der Waals surface area contributed by atoms with Gasteiger partial charge < -0.3 is 10.0 Å². The normalized spacial score (nSPS) is 41.4. The average Bonchev–Trinajstić information content (AvgIpc) is 2.68. The molecule has 1 saturated heterocycles. The van der Waals surface area contributed by atoms with Gasteiger partial charge in [0, 0.05) is 25.1 Å². The molecule has 1 aliphatic heterocycles. The van der Waals surface area contributed by atoms with Crippen molar-refractivity contribution in [3.8, 4) is 0 Å². The topological polar surface area (TPSA) is 23.5 Å². The molecule has 0 aromatic carbocycles. The number of rotatable bonds is 3. The molecule has 94 valence electrons. The molecule has 1 heterocycles. The highest BCUT2D eigenvalue weighted by atomic mass is 16.3. The number of aliphatic hydroxyl groups excluding tert-OH is 1. The van der Waals surface area contributed by atoms with Gasteiger partial charge in [-0.2, -0.15) is 0 Å². The molecule has 1 aliphatic carbocycles. The van der Waals surface area contributed by atoms with Crippen molar-refractivity contribution in [3.63, 3.8) is 0 Å². The van der Waals surface area contributed by atoms with Gasteiger partial charge in [-0.1, -0.05) is 26.7 Å². The van der Waals surface area contributed by atoms with Gasteiger partial charge >= 0.3 is 0 Å². The Kier molecular flexibility index (Phi) is 3.91. The van der Waals surface area contributed by atoms with Crippen molar-refractivity contribution in [2.75, 3.05) is 26.2 Å². The van der Waals surface area contributed by atoms with Crippen molar-refractivity contribution in [2.45, 2.75) is 46.0 Å². The SMILES string of the molecule is CC1CCC(CO)(CN2CCC(C)C2)CC1. The van der Waals surface area contributed by atoms with Crippen LogP contribution in [0, 0.1) is 17.3 Å². The van der Waals surface area contributed by atoms with Crippen molar-refractivity contribution in [1.82, 2.24) is 4.90 Å². The zero-order chi connectivity index (χ0) is 11.6. The van der Waals surface area contributed by atoms with Crippen molar-refractivity contribution in [3.05, 3.63) is 0 Å². The summed E-state index contributed by atoms with van der Waals surface area (Å²) in [6.07, 6.45) is 6.43. The molecule has 2 rings (SSSR count). The smallest absolute Gasteiger partial charge is 0.0499 e. The lowest BCUT2D eigenvalue weighted by atomic mass is 9.71. The van der Waals surface area contributed by atoms with Crippen LogP contribution in [0.25, 0.3) is 0 Å². The first kappa shape index (κ1) is 12.4. The van der Waals surface area contributed by atoms with Gasteiger partial charge in [-0.15, -0.1) is 0 Å². The highest BCUT2D eigenvalue weighted by Crippen LogP contribution is 2.39. The molecule has 2 nitrogen and oxygen atoms in total. The van der Waals surface area contributed by atoms with E-state index in [9.17, 15) is 5.11 Å². The molecule has 16 heavy (non-hydrogen) atoms. The lowest BCUT2D eigenvalue weighted by Crippen LogP contribution is -2.41. The van der Waals surface area contributed by atoms with Crippen LogP contribution in [0.5, 0.6) is 0 Å². The molecule has 1 saturated carbocycles. The second-order valence-corrected chi connectivity index (χ2v) is 6.47. The third-order valence-electron chi connectivity index (χ3n) is 4.74. The van der Waals surface area contributed by atoms with E-state index in [-0.39, 0.29) is 5.41 Å². The highest BCUT2D eigenvalue weighted by molar-refractivity contribution is 4.88. The summed E-state index contributed by atoms with van der Waals surface area (Å²) < 4.78 is 0. The monoisotopic (exact) mass is 225 g/mol. The van der Waals surface area contributed by atoms with E-state index in [0.717, 1.165) is 18.4 Å². The lowest BCUT2D eigenvalue weighted by molar-refractivity contribution is 0.0352. The molecule has 0 aromatic heterocycles. The highest BCUT2D eigenvalue weighted by Gasteiger charge is 2.36. The van der Waals surface area contributed by atoms with Crippen LogP contribution in [0.2, 0.25) is 0 Å². The molecule has 0 aromatic rings. The first-order valence-electron chi connectivity index (χ1n) is 6.97. The van der Waals surface area contributed by atoms with E-state index in [2.05, 4.69) is 18.7 Å². The van der Waals surface area contributed by atoms with Crippen LogP contribution >= 0.6 is 0 Å². The zero-order valence-corrected chi connectivity index (χ0v) is 10.9. The Morgan fingerprint density at radius 1 is 1.12 bits per heavy atom. The van der Waals surface area contributed by atoms with Gasteiger partial charge in [-0.25, -0.2) is 0 Å². The molecular formula is C14H27NO. The second-order valence-electron chi connectivity index (χ2n) is 6.47. The minimum absolute atomic E-state index is 0.233. The lowest BCUT2D eigenvalue weighted by Gasteiger charge is -2.40. The van der Waals surface area contributed by atoms with Crippen LogP contribution in [0.4, 0.5) is 0 Å². The Labute approximate surface area is 100 Å². The third-order valence-corrected chi connectivity index (χ3v) is 4.74. The summed E-state index contributed by atoms with van der Waals surface area (Å²) in [5.74, 6) is 1.73. The molecule has 2 aliphatic rings. The molecule has 2 heteroatoms. The van der Waals surface area contributed by atoms with Gasteiger partial charge in [0.1, 0.15) is 0 Å². The van der Waals surface area contributed by atoms with Gasteiger partial charge in [-0.3, -0.25) is 0 Å². The molecule has 1 unspecified atom stereocenters. The van der Waals surface area contributed by atoms with Gasteiger partial charge in [0.05, 0.1) is 0 Å². The number of aliphatic hydroxyl groups is 1. The maximum atomic E-state index is 9.73. The second kappa shape index (κ2) is 5.05. The number of hydrogen-bond donors (Lipinski definition) is 1. The number of nitrogens with zero attached hydrogens (tertiary/aromatic N) is 1. The van der Waals surface area contributed by atoms with E-state index in [1.54, 1.807) is 0 Å². The van der Waals surface area contributed by atoms with Crippen molar-refractivity contribution in [2.24, 2.45) is 17.3 Å². The van der Waals surface area contributed by atoms with Crippen LogP contribution < -0.4 is 0 Å². The van der Waals surface area contributed by atoms with E-state index in [4.69, 9.17) is 0 Å². The zero-order valence-electron chi connectivity index (χ0n) is 10.9. The van der Waals surface area contributed by atoms with Crippen LogP contribution in [-0.4, -0.2) is 36.2 Å². The molecule has 1 N–H and O–H groups in total. The Balaban J connectivity index is 1.89. The minimum Gasteiger partial charge on any atom is -0.396 e. The van der Waals surface area contributed by atoms with Crippen LogP contribution in [0.1, 0.15) is 46.0 Å². The summed E-state index contributed by atoms with van der Waals surface area (Å²) in [7, 11) is 0. The van der Waals surface area contributed by atoms with Crippen LogP contribution in [-0.2, 0) is 0 Å². The average molecular weight is 225 g/mol. The van der Waals surface area contributed by atoms with Crippen molar-refractivity contribution >= 4 is 0 Å². The predicted molar refractivity (Wildman–Crippen MR) is 67.4 cm³/mol. The quantitative estimate of drug-likeness (QED) is 0.798. The Morgan fingerprint density at radius 3 is 2.31 bits per heavy atom. The van der Waals surface area contributed by atoms with E-state index < -0.39 is 0 Å². The minimum atomic E-state index is 0.233. The molecule has 0 radical (unpaired) electrons. The van der Waals surface area contributed by atoms with Crippen molar-refractivity contribution < 1.29 is 5.11 Å². The molecule has 0 amide bonds. The van der Waals surface area contributed by atoms with E-state index >= 15 is 0 Å². The van der Waals surface area contributed by atoms with Gasteiger partial charge in [0.15, 0.2) is 0 Å². The van der Waals surface area contributed by atoms with Gasteiger partial charge in [0.2, 0.25) is 0 Å². The molecule has 1 atom stereocenters. The van der Waals surface area contributed by atoms with Crippen LogP contribution in [0.15, 0.2) is 0 Å². The summed E-state index contributed by atoms with van der Waals surface area (Å²) in [6, 6.07) is 0. The predicted octanol–water partition coefficient (Wildman–Crippen LogP) is 2.52. The van der Waals surface area contributed by atoms with E-state index in [1.807, 2.05) is 0 Å². The summed E-state index contributed by atoms with van der Waals surface area (Å²) >= 11 is 0. The van der Waals surface area contributed by atoms with Gasteiger partial charge in [0.25, 0.3) is 0 Å². The Bertz CT molecular complexity index is 221. The van der Waals surface area contributed by atoms with E-state index in [1.165, 1.54) is 45.2 Å². The molecule has 2 fully saturated rings. The standard InChI is InChI=1S/C14H27NO/c1-12-3-6-14(11-16,7-4-12)10-15-8-5-13(2)9-15/h12-13,16H,3-11H2,1-2H3. The maximum absolute atomic E-state index is 9.73. The maximum Gasteiger partial charge on any atom is 0.0499 e. The number of likely N-dealkylation sites (tertiary alicyclic amines) is 1. The summed E-state index contributed by atoms with van der Waals surface area (Å²) in [4.78, 5) is 2.58. The Hall–Kier alpha value is -0.0800. The first-order chi connectivity index (χ1) is 7.63. The van der Waals surface area contributed by atoms with Gasteiger partial charge in [-0.05, 0) is 37.6 Å².